The second kappa shape index (κ2) is 10.6. The molecule has 0 aliphatic rings. The van der Waals surface area contributed by atoms with Crippen LogP contribution in [0.15, 0.2) is 97.1 Å². The number of benzene rings is 5. The maximum atomic E-state index is 12.7. The molecule has 0 bridgehead atoms. The van der Waals surface area contributed by atoms with E-state index in [1.165, 1.54) is 6.92 Å². The van der Waals surface area contributed by atoms with Crippen LogP contribution in [-0.2, 0) is 0 Å². The van der Waals surface area contributed by atoms with Crippen molar-refractivity contribution >= 4 is 38.9 Å². The molecule has 5 aromatic carbocycles. The number of Topliss-reactive ketones (excluding diaryl/α,β-unsaturated/α-hetero) is 3. The Kier molecular flexibility index (Phi) is 6.87. The van der Waals surface area contributed by atoms with E-state index in [9.17, 15) is 19.5 Å². The fraction of sp³-hybridized carbons (Fsp3) is 0.0938. The molecule has 0 amide bonds. The molecule has 5 aromatic rings. The second-order valence-electron chi connectivity index (χ2n) is 8.97. The Morgan fingerprint density at radius 2 is 1.00 bits per heavy atom. The molecule has 5 rings (SSSR count). The van der Waals surface area contributed by atoms with Gasteiger partial charge in [-0.15, -0.1) is 0 Å². The molecule has 0 atom stereocenters. The summed E-state index contributed by atoms with van der Waals surface area (Å²) in [4.78, 5) is 36.7. The normalized spacial score (nSPS) is 10.9. The van der Waals surface area contributed by atoms with Crippen LogP contribution in [0.1, 0.15) is 38.0 Å². The van der Waals surface area contributed by atoms with E-state index in [1.807, 2.05) is 18.2 Å². The van der Waals surface area contributed by atoms with Crippen molar-refractivity contribution in [3.63, 3.8) is 0 Å². The van der Waals surface area contributed by atoms with E-state index in [0.29, 0.717) is 28.2 Å². The zero-order valence-corrected chi connectivity index (χ0v) is 20.6. The quantitative estimate of drug-likeness (QED) is 0.233. The van der Waals surface area contributed by atoms with E-state index in [2.05, 4.69) is 0 Å². The Bertz CT molecular complexity index is 1680. The van der Waals surface area contributed by atoms with E-state index in [-0.39, 0.29) is 36.3 Å². The van der Waals surface area contributed by atoms with Crippen LogP contribution in [0.2, 0.25) is 0 Å². The molecule has 0 unspecified atom stereocenters. The number of carbonyl (C=O) groups is 3. The lowest BCUT2D eigenvalue weighted by Gasteiger charge is -2.09. The zero-order chi connectivity index (χ0) is 26.6. The number of rotatable bonds is 9. The lowest BCUT2D eigenvalue weighted by molar-refractivity contribution is 0.0915. The summed E-state index contributed by atoms with van der Waals surface area (Å²) in [5.41, 5.74) is 1.64. The summed E-state index contributed by atoms with van der Waals surface area (Å²) in [6, 6.07) is 27.8. The van der Waals surface area contributed by atoms with E-state index in [4.69, 9.17) is 9.47 Å². The first kappa shape index (κ1) is 24.7. The maximum absolute atomic E-state index is 12.7. The van der Waals surface area contributed by atoms with Crippen LogP contribution in [0.4, 0.5) is 0 Å². The summed E-state index contributed by atoms with van der Waals surface area (Å²) >= 11 is 0. The Morgan fingerprint density at radius 1 is 0.553 bits per heavy atom. The number of ether oxygens (including phenoxy) is 2. The van der Waals surface area contributed by atoms with Crippen molar-refractivity contribution in [3.05, 3.63) is 114 Å². The molecule has 0 saturated carbocycles. The Morgan fingerprint density at radius 3 is 1.61 bits per heavy atom. The third-order valence-corrected chi connectivity index (χ3v) is 6.28. The molecule has 0 aliphatic carbocycles. The second-order valence-corrected chi connectivity index (χ2v) is 8.97. The summed E-state index contributed by atoms with van der Waals surface area (Å²) in [5.74, 6) is 0.891. The molecule has 38 heavy (non-hydrogen) atoms. The van der Waals surface area contributed by atoms with E-state index in [1.54, 1.807) is 78.9 Å². The summed E-state index contributed by atoms with van der Waals surface area (Å²) in [5, 5.41) is 13.1. The fourth-order valence-electron chi connectivity index (χ4n) is 4.14. The van der Waals surface area contributed by atoms with Crippen LogP contribution in [-0.4, -0.2) is 35.7 Å². The van der Waals surface area contributed by atoms with Gasteiger partial charge in [0.25, 0.3) is 0 Å². The molecular weight excluding hydrogens is 480 g/mol. The fourth-order valence-corrected chi connectivity index (χ4v) is 4.14. The first-order valence-corrected chi connectivity index (χ1v) is 12.1. The standard InChI is InChI=1S/C32H24O6/c1-20(33)21-7-11-29(12-8-21)37-18-31(35)27-5-3-25-17-30(13-9-23(25)15-27)38-19-32(36)26-4-2-24-16-28(34)10-6-22(24)14-26/h2-17,34H,18-19H2,1H3. The van der Waals surface area contributed by atoms with Crippen LogP contribution in [0.5, 0.6) is 17.2 Å². The van der Waals surface area contributed by atoms with Crippen molar-refractivity contribution in [1.29, 1.82) is 0 Å². The molecule has 6 heteroatoms. The van der Waals surface area contributed by atoms with Crippen LogP contribution in [0.25, 0.3) is 21.5 Å². The topological polar surface area (TPSA) is 89.9 Å². The average molecular weight is 505 g/mol. The van der Waals surface area contributed by atoms with Gasteiger partial charge < -0.3 is 14.6 Å². The van der Waals surface area contributed by atoms with Crippen molar-refractivity contribution in [2.75, 3.05) is 13.2 Å². The Labute approximate surface area is 219 Å². The van der Waals surface area contributed by atoms with E-state index >= 15 is 0 Å². The summed E-state index contributed by atoms with van der Waals surface area (Å²) in [7, 11) is 0. The number of ketones is 3. The van der Waals surface area contributed by atoms with Crippen LogP contribution >= 0.6 is 0 Å². The molecule has 0 spiro atoms. The number of fused-ring (bicyclic) bond motifs is 2. The lowest BCUT2D eigenvalue weighted by atomic mass is 10.0. The maximum Gasteiger partial charge on any atom is 0.200 e. The molecular formula is C32H24O6. The molecule has 6 nitrogen and oxygen atoms in total. The van der Waals surface area contributed by atoms with Gasteiger partial charge in [-0.2, -0.15) is 0 Å². The van der Waals surface area contributed by atoms with E-state index < -0.39 is 0 Å². The summed E-state index contributed by atoms with van der Waals surface area (Å²) in [6.07, 6.45) is 0. The van der Waals surface area contributed by atoms with Gasteiger partial charge >= 0.3 is 0 Å². The first-order valence-electron chi connectivity index (χ1n) is 12.1. The number of phenols is 1. The van der Waals surface area contributed by atoms with Crippen LogP contribution in [0.3, 0.4) is 0 Å². The number of hydrogen-bond donors (Lipinski definition) is 1. The highest BCUT2D eigenvalue weighted by Crippen LogP contribution is 2.24. The average Bonchev–Trinajstić information content (AvgIpc) is 2.94. The monoisotopic (exact) mass is 504 g/mol. The van der Waals surface area contributed by atoms with Crippen molar-refractivity contribution in [2.45, 2.75) is 6.92 Å². The highest BCUT2D eigenvalue weighted by atomic mass is 16.5. The molecule has 0 heterocycles. The van der Waals surface area contributed by atoms with Gasteiger partial charge in [0.2, 0.25) is 0 Å². The van der Waals surface area contributed by atoms with Gasteiger partial charge in [0.15, 0.2) is 30.6 Å². The van der Waals surface area contributed by atoms with Crippen LogP contribution in [0, 0.1) is 0 Å². The molecule has 0 aromatic heterocycles. The number of hydrogen-bond acceptors (Lipinski definition) is 6. The SMILES string of the molecule is CC(=O)c1ccc(OCC(=O)c2ccc3cc(OCC(=O)c4ccc5cc(O)ccc5c4)ccc3c2)cc1. The minimum atomic E-state index is -0.168. The highest BCUT2D eigenvalue weighted by molar-refractivity contribution is 6.02. The van der Waals surface area contributed by atoms with Gasteiger partial charge in [-0.25, -0.2) is 0 Å². The third-order valence-electron chi connectivity index (χ3n) is 6.28. The van der Waals surface area contributed by atoms with Crippen molar-refractivity contribution in [1.82, 2.24) is 0 Å². The largest absolute Gasteiger partial charge is 0.508 e. The Hall–Kier alpha value is -4.97. The molecule has 188 valence electrons. The van der Waals surface area contributed by atoms with Gasteiger partial charge in [-0.05, 0) is 89.1 Å². The molecule has 1 N–H and O–H groups in total. The number of phenolic OH excluding ortho intramolecular Hbond substituents is 1. The van der Waals surface area contributed by atoms with Gasteiger partial charge in [0.1, 0.15) is 17.2 Å². The summed E-state index contributed by atoms with van der Waals surface area (Å²) in [6.45, 7) is 1.26. The Balaban J connectivity index is 1.21. The van der Waals surface area contributed by atoms with Gasteiger partial charge in [0, 0.05) is 16.7 Å². The van der Waals surface area contributed by atoms with Crippen molar-refractivity contribution < 1.29 is 29.0 Å². The van der Waals surface area contributed by atoms with Gasteiger partial charge in [-0.1, -0.05) is 36.4 Å². The minimum absolute atomic E-state index is 0.0311. The molecule has 0 aliphatic heterocycles. The van der Waals surface area contributed by atoms with E-state index in [0.717, 1.165) is 21.5 Å². The predicted molar refractivity (Wildman–Crippen MR) is 146 cm³/mol. The third kappa shape index (κ3) is 5.55. The number of carbonyl (C=O) groups excluding carboxylic acids is 3. The first-order chi connectivity index (χ1) is 18.4. The minimum Gasteiger partial charge on any atom is -0.508 e. The smallest absolute Gasteiger partial charge is 0.200 e. The van der Waals surface area contributed by atoms with Gasteiger partial charge in [0.05, 0.1) is 0 Å². The zero-order valence-electron chi connectivity index (χ0n) is 20.6. The van der Waals surface area contributed by atoms with Crippen molar-refractivity contribution in [3.8, 4) is 17.2 Å². The number of aromatic hydroxyl groups is 1. The van der Waals surface area contributed by atoms with Crippen molar-refractivity contribution in [2.24, 2.45) is 0 Å². The molecule has 0 radical (unpaired) electrons. The summed E-state index contributed by atoms with van der Waals surface area (Å²) < 4.78 is 11.3. The van der Waals surface area contributed by atoms with Gasteiger partial charge in [-0.3, -0.25) is 14.4 Å². The predicted octanol–water partition coefficient (Wildman–Crippen LogP) is 6.42. The molecule has 0 fully saturated rings. The van der Waals surface area contributed by atoms with Crippen LogP contribution < -0.4 is 9.47 Å². The molecule has 0 saturated heterocycles. The lowest BCUT2D eigenvalue weighted by Crippen LogP contribution is -2.12. The highest BCUT2D eigenvalue weighted by Gasteiger charge is 2.11.